The highest BCUT2D eigenvalue weighted by Gasteiger charge is 2.15. The summed E-state index contributed by atoms with van der Waals surface area (Å²) in [5.74, 6) is 0. The van der Waals surface area contributed by atoms with Gasteiger partial charge in [-0.25, -0.2) is 9.59 Å². The van der Waals surface area contributed by atoms with Gasteiger partial charge in [0.15, 0.2) is 0 Å². The standard InChI is InChI=1S/C16H24N2O4/c1-11(18-14(19)20)8-12-6-5-7-13(9-12)10-17-15(21)22-16(2,3)4/h5-7,9,11,18H,8,10H2,1-4H3,(H,17,21)(H,19,20). The highest BCUT2D eigenvalue weighted by molar-refractivity contribution is 5.67. The minimum Gasteiger partial charge on any atom is -0.465 e. The van der Waals surface area contributed by atoms with E-state index in [1.165, 1.54) is 0 Å². The van der Waals surface area contributed by atoms with Crippen LogP contribution in [-0.2, 0) is 17.7 Å². The van der Waals surface area contributed by atoms with Crippen molar-refractivity contribution in [2.75, 3.05) is 0 Å². The van der Waals surface area contributed by atoms with Crippen molar-refractivity contribution in [3.63, 3.8) is 0 Å². The Balaban J connectivity index is 2.54. The van der Waals surface area contributed by atoms with E-state index in [-0.39, 0.29) is 6.04 Å². The van der Waals surface area contributed by atoms with Gasteiger partial charge in [-0.2, -0.15) is 0 Å². The van der Waals surface area contributed by atoms with Crippen molar-refractivity contribution in [2.45, 2.75) is 52.3 Å². The van der Waals surface area contributed by atoms with Crippen LogP contribution in [0.3, 0.4) is 0 Å². The van der Waals surface area contributed by atoms with Crippen molar-refractivity contribution in [2.24, 2.45) is 0 Å². The third kappa shape index (κ3) is 7.52. The molecule has 122 valence electrons. The van der Waals surface area contributed by atoms with Crippen molar-refractivity contribution < 1.29 is 19.4 Å². The number of carbonyl (C=O) groups is 2. The minimum absolute atomic E-state index is 0.174. The number of hydrogen-bond acceptors (Lipinski definition) is 3. The van der Waals surface area contributed by atoms with E-state index >= 15 is 0 Å². The fraction of sp³-hybridized carbons (Fsp3) is 0.500. The molecule has 2 amide bonds. The summed E-state index contributed by atoms with van der Waals surface area (Å²) in [4.78, 5) is 22.2. The Morgan fingerprint density at radius 2 is 1.91 bits per heavy atom. The summed E-state index contributed by atoms with van der Waals surface area (Å²) in [6.07, 6.45) is -0.902. The van der Waals surface area contributed by atoms with Crippen molar-refractivity contribution in [3.05, 3.63) is 35.4 Å². The number of amides is 2. The molecular formula is C16H24N2O4. The van der Waals surface area contributed by atoms with Gasteiger partial charge in [0.05, 0.1) is 0 Å². The topological polar surface area (TPSA) is 87.7 Å². The quantitative estimate of drug-likeness (QED) is 0.780. The molecule has 0 radical (unpaired) electrons. The molecule has 1 atom stereocenters. The van der Waals surface area contributed by atoms with Gasteiger partial charge in [0.25, 0.3) is 0 Å². The van der Waals surface area contributed by atoms with Crippen LogP contribution in [-0.4, -0.2) is 28.9 Å². The number of hydrogen-bond donors (Lipinski definition) is 3. The summed E-state index contributed by atoms with van der Waals surface area (Å²) in [6.45, 7) is 7.60. The summed E-state index contributed by atoms with van der Waals surface area (Å²) < 4.78 is 5.17. The van der Waals surface area contributed by atoms with Gasteiger partial charge >= 0.3 is 12.2 Å². The molecule has 0 spiro atoms. The predicted octanol–water partition coefficient (Wildman–Crippen LogP) is 2.91. The molecule has 6 heteroatoms. The number of rotatable bonds is 5. The second-order valence-corrected chi connectivity index (χ2v) is 6.23. The Hall–Kier alpha value is -2.24. The summed E-state index contributed by atoms with van der Waals surface area (Å²) in [5, 5.41) is 13.8. The van der Waals surface area contributed by atoms with Gasteiger partial charge in [0, 0.05) is 12.6 Å². The number of nitrogens with one attached hydrogen (secondary N) is 2. The second kappa shape index (κ2) is 7.68. The minimum atomic E-state index is -1.03. The molecule has 0 aromatic heterocycles. The molecule has 0 heterocycles. The van der Waals surface area contributed by atoms with E-state index in [1.807, 2.05) is 45.0 Å². The molecule has 1 aromatic carbocycles. The maximum atomic E-state index is 11.6. The second-order valence-electron chi connectivity index (χ2n) is 6.23. The first-order valence-electron chi connectivity index (χ1n) is 7.20. The predicted molar refractivity (Wildman–Crippen MR) is 83.8 cm³/mol. The maximum Gasteiger partial charge on any atom is 0.407 e. The van der Waals surface area contributed by atoms with E-state index in [1.54, 1.807) is 6.92 Å². The number of benzene rings is 1. The van der Waals surface area contributed by atoms with Crippen LogP contribution in [0.2, 0.25) is 0 Å². The summed E-state index contributed by atoms with van der Waals surface area (Å²) in [5.41, 5.74) is 1.42. The van der Waals surface area contributed by atoms with Crippen LogP contribution in [0.4, 0.5) is 9.59 Å². The normalized spacial score (nSPS) is 12.4. The molecular weight excluding hydrogens is 284 g/mol. The van der Waals surface area contributed by atoms with Gasteiger partial charge in [-0.1, -0.05) is 24.3 Å². The van der Waals surface area contributed by atoms with Crippen LogP contribution in [0.5, 0.6) is 0 Å². The number of carboxylic acid groups (broad SMARTS) is 1. The van der Waals surface area contributed by atoms with Gasteiger partial charge < -0.3 is 20.5 Å². The third-order valence-corrected chi connectivity index (χ3v) is 2.74. The zero-order chi connectivity index (χ0) is 16.8. The van der Waals surface area contributed by atoms with Gasteiger partial charge in [-0.05, 0) is 45.2 Å². The number of alkyl carbamates (subject to hydrolysis) is 1. The van der Waals surface area contributed by atoms with Crippen molar-refractivity contribution >= 4 is 12.2 Å². The average Bonchev–Trinajstić information content (AvgIpc) is 2.33. The van der Waals surface area contributed by atoms with E-state index in [4.69, 9.17) is 9.84 Å². The lowest BCUT2D eigenvalue weighted by Gasteiger charge is -2.19. The molecule has 0 fully saturated rings. The maximum absolute atomic E-state index is 11.6. The lowest BCUT2D eigenvalue weighted by Crippen LogP contribution is -2.33. The number of ether oxygens (including phenoxy) is 1. The Labute approximate surface area is 130 Å². The first-order chi connectivity index (χ1) is 10.2. The lowest BCUT2D eigenvalue weighted by molar-refractivity contribution is 0.0523. The Kier molecular flexibility index (Phi) is 6.22. The van der Waals surface area contributed by atoms with Crippen LogP contribution in [0.15, 0.2) is 24.3 Å². The summed E-state index contributed by atoms with van der Waals surface area (Å²) in [7, 11) is 0. The van der Waals surface area contributed by atoms with Gasteiger partial charge in [0.2, 0.25) is 0 Å². The van der Waals surface area contributed by atoms with Gasteiger partial charge in [-0.3, -0.25) is 0 Å². The molecule has 1 aromatic rings. The van der Waals surface area contributed by atoms with E-state index in [0.29, 0.717) is 13.0 Å². The third-order valence-electron chi connectivity index (χ3n) is 2.74. The van der Waals surface area contributed by atoms with E-state index in [0.717, 1.165) is 11.1 Å². The first-order valence-corrected chi connectivity index (χ1v) is 7.20. The SMILES string of the molecule is CC(Cc1cccc(CNC(=O)OC(C)(C)C)c1)NC(=O)O. The monoisotopic (exact) mass is 308 g/mol. The molecule has 1 rings (SSSR count). The molecule has 6 nitrogen and oxygen atoms in total. The fourth-order valence-corrected chi connectivity index (χ4v) is 1.97. The summed E-state index contributed by atoms with van der Waals surface area (Å²) in [6, 6.07) is 7.48. The molecule has 1 unspecified atom stereocenters. The largest absolute Gasteiger partial charge is 0.465 e. The smallest absolute Gasteiger partial charge is 0.407 e. The fourth-order valence-electron chi connectivity index (χ4n) is 1.97. The van der Waals surface area contributed by atoms with Crippen LogP contribution in [0, 0.1) is 0 Å². The molecule has 0 aliphatic rings. The van der Waals surface area contributed by atoms with Crippen LogP contribution >= 0.6 is 0 Å². The van der Waals surface area contributed by atoms with Gasteiger partial charge in [0.1, 0.15) is 5.60 Å². The first kappa shape index (κ1) is 17.8. The Morgan fingerprint density at radius 1 is 1.27 bits per heavy atom. The molecule has 0 aliphatic carbocycles. The summed E-state index contributed by atoms with van der Waals surface area (Å²) >= 11 is 0. The average molecular weight is 308 g/mol. The molecule has 3 N–H and O–H groups in total. The van der Waals surface area contributed by atoms with E-state index < -0.39 is 17.8 Å². The van der Waals surface area contributed by atoms with Crippen molar-refractivity contribution in [1.82, 2.24) is 10.6 Å². The highest BCUT2D eigenvalue weighted by Crippen LogP contribution is 2.09. The van der Waals surface area contributed by atoms with Crippen LogP contribution in [0.25, 0.3) is 0 Å². The molecule has 0 aliphatic heterocycles. The molecule has 0 bridgehead atoms. The van der Waals surface area contributed by atoms with Crippen LogP contribution < -0.4 is 10.6 Å². The molecule has 0 saturated heterocycles. The number of carbonyl (C=O) groups excluding carboxylic acids is 1. The van der Waals surface area contributed by atoms with E-state index in [9.17, 15) is 9.59 Å². The zero-order valence-electron chi connectivity index (χ0n) is 13.5. The zero-order valence-corrected chi connectivity index (χ0v) is 13.5. The van der Waals surface area contributed by atoms with Gasteiger partial charge in [-0.15, -0.1) is 0 Å². The molecule has 22 heavy (non-hydrogen) atoms. The van der Waals surface area contributed by atoms with Crippen molar-refractivity contribution in [3.8, 4) is 0 Å². The Morgan fingerprint density at radius 3 is 2.50 bits per heavy atom. The van der Waals surface area contributed by atoms with Crippen molar-refractivity contribution in [1.29, 1.82) is 0 Å². The molecule has 0 saturated carbocycles. The Bertz CT molecular complexity index is 523. The van der Waals surface area contributed by atoms with Crippen LogP contribution in [0.1, 0.15) is 38.8 Å². The highest BCUT2D eigenvalue weighted by atomic mass is 16.6. The van der Waals surface area contributed by atoms with E-state index in [2.05, 4.69) is 10.6 Å². The lowest BCUT2D eigenvalue weighted by atomic mass is 10.0.